The molecule has 172 valence electrons. The molecule has 1 amide bonds. The first kappa shape index (κ1) is 24.6. The van der Waals surface area contributed by atoms with E-state index in [0.29, 0.717) is 0 Å². The van der Waals surface area contributed by atoms with Crippen molar-refractivity contribution >= 4 is 27.6 Å². The van der Waals surface area contributed by atoms with Gasteiger partial charge in [-0.2, -0.15) is 0 Å². The van der Waals surface area contributed by atoms with Gasteiger partial charge in [-0.25, -0.2) is 13.2 Å². The number of amides is 1. The van der Waals surface area contributed by atoms with Gasteiger partial charge in [-0.05, 0) is 47.1 Å². The van der Waals surface area contributed by atoms with E-state index in [4.69, 9.17) is 9.47 Å². The van der Waals surface area contributed by atoms with Gasteiger partial charge in [-0.3, -0.25) is 14.9 Å². The van der Waals surface area contributed by atoms with Gasteiger partial charge in [-0.1, -0.05) is 0 Å². The molecule has 0 unspecified atom stereocenters. The Balaban J connectivity index is 2.75. The van der Waals surface area contributed by atoms with Crippen LogP contribution >= 0.6 is 0 Å². The molecule has 1 heterocycles. The standard InChI is InChI=1S/C20H28N2O8S/c1-12(2)31(27,28)16-8-7-13(22(25)26)11-15(16)17-14(18(23)29-6)9-10-21(17)19(24)30-20(3,4)5/h7-8,11-12,14,17H,9-10H2,1-6H3/t14-,17+/m0/s1. The van der Waals surface area contributed by atoms with Crippen LogP contribution in [0.15, 0.2) is 23.1 Å². The summed E-state index contributed by atoms with van der Waals surface area (Å²) in [6.45, 7) is 8.10. The molecule has 0 aromatic heterocycles. The maximum Gasteiger partial charge on any atom is 0.410 e. The first-order valence-electron chi connectivity index (χ1n) is 9.80. The monoisotopic (exact) mass is 456 g/mol. The van der Waals surface area contributed by atoms with Crippen LogP contribution in [-0.2, 0) is 24.1 Å². The van der Waals surface area contributed by atoms with Gasteiger partial charge in [0.15, 0.2) is 9.84 Å². The van der Waals surface area contributed by atoms with E-state index in [1.165, 1.54) is 25.9 Å². The first-order valence-corrected chi connectivity index (χ1v) is 11.3. The SMILES string of the molecule is COC(=O)[C@H]1CCN(C(=O)OC(C)(C)C)[C@H]1c1cc([N+](=O)[O-])ccc1S(=O)(=O)C(C)C. The lowest BCUT2D eigenvalue weighted by Crippen LogP contribution is -2.39. The highest BCUT2D eigenvalue weighted by Gasteiger charge is 2.46. The highest BCUT2D eigenvalue weighted by molar-refractivity contribution is 7.92. The fourth-order valence-electron chi connectivity index (χ4n) is 3.49. The number of methoxy groups -OCH3 is 1. The lowest BCUT2D eigenvalue weighted by Gasteiger charge is -2.31. The van der Waals surface area contributed by atoms with E-state index in [2.05, 4.69) is 0 Å². The van der Waals surface area contributed by atoms with Gasteiger partial charge in [0.05, 0.1) is 34.1 Å². The number of hydrogen-bond acceptors (Lipinski definition) is 8. The average molecular weight is 457 g/mol. The number of ether oxygens (including phenoxy) is 2. The molecule has 31 heavy (non-hydrogen) atoms. The molecule has 1 aromatic rings. The van der Waals surface area contributed by atoms with Crippen molar-refractivity contribution in [3.05, 3.63) is 33.9 Å². The van der Waals surface area contributed by atoms with Crippen molar-refractivity contribution in [2.24, 2.45) is 5.92 Å². The van der Waals surface area contributed by atoms with Crippen LogP contribution in [0.1, 0.15) is 52.6 Å². The minimum atomic E-state index is -3.88. The molecule has 0 N–H and O–H groups in total. The Bertz CT molecular complexity index is 981. The Hall–Kier alpha value is -2.69. The van der Waals surface area contributed by atoms with E-state index in [-0.39, 0.29) is 29.1 Å². The number of esters is 1. The van der Waals surface area contributed by atoms with Crippen molar-refractivity contribution in [2.45, 2.75) is 62.8 Å². The molecule has 0 spiro atoms. The summed E-state index contributed by atoms with van der Waals surface area (Å²) in [6, 6.07) is 2.27. The Morgan fingerprint density at radius 3 is 2.35 bits per heavy atom. The fraction of sp³-hybridized carbons (Fsp3) is 0.600. The zero-order valence-corrected chi connectivity index (χ0v) is 19.3. The predicted molar refractivity (Wildman–Crippen MR) is 111 cm³/mol. The van der Waals surface area contributed by atoms with Crippen LogP contribution in [0.4, 0.5) is 10.5 Å². The predicted octanol–water partition coefficient (Wildman–Crippen LogP) is 3.25. The minimum Gasteiger partial charge on any atom is -0.469 e. The van der Waals surface area contributed by atoms with Crippen molar-refractivity contribution in [1.82, 2.24) is 4.90 Å². The van der Waals surface area contributed by atoms with Crippen molar-refractivity contribution in [1.29, 1.82) is 0 Å². The van der Waals surface area contributed by atoms with Crippen LogP contribution in [0.5, 0.6) is 0 Å². The largest absolute Gasteiger partial charge is 0.469 e. The first-order chi connectivity index (χ1) is 14.2. The van der Waals surface area contributed by atoms with Crippen LogP contribution in [-0.4, -0.2) is 54.8 Å². The second-order valence-corrected chi connectivity index (χ2v) is 11.1. The third-order valence-electron chi connectivity index (χ3n) is 4.98. The van der Waals surface area contributed by atoms with E-state index >= 15 is 0 Å². The Kier molecular flexibility index (Phi) is 6.99. The van der Waals surface area contributed by atoms with Gasteiger partial charge in [0.25, 0.3) is 5.69 Å². The molecule has 0 saturated carbocycles. The van der Waals surface area contributed by atoms with E-state index in [1.807, 2.05) is 0 Å². The summed E-state index contributed by atoms with van der Waals surface area (Å²) in [6.07, 6.45) is -0.552. The molecule has 0 aliphatic carbocycles. The van der Waals surface area contributed by atoms with Gasteiger partial charge in [-0.15, -0.1) is 0 Å². The smallest absolute Gasteiger partial charge is 0.410 e. The number of rotatable bonds is 5. The van der Waals surface area contributed by atoms with E-state index in [9.17, 15) is 28.1 Å². The lowest BCUT2D eigenvalue weighted by molar-refractivity contribution is -0.385. The number of nitro groups is 1. The molecule has 2 rings (SSSR count). The van der Waals surface area contributed by atoms with E-state index < -0.39 is 49.6 Å². The molecule has 0 bridgehead atoms. The molecule has 0 radical (unpaired) electrons. The molecule has 1 aliphatic rings. The quantitative estimate of drug-likeness (QED) is 0.374. The van der Waals surface area contributed by atoms with E-state index in [1.54, 1.807) is 20.8 Å². The number of nitrogens with zero attached hydrogens (tertiary/aromatic N) is 2. The summed E-state index contributed by atoms with van der Waals surface area (Å²) in [5.41, 5.74) is -1.18. The number of carbonyl (C=O) groups excluding carboxylic acids is 2. The number of carbonyl (C=O) groups is 2. The number of nitro benzene ring substituents is 1. The number of benzene rings is 1. The van der Waals surface area contributed by atoms with Crippen LogP contribution in [0, 0.1) is 16.0 Å². The van der Waals surface area contributed by atoms with Crippen molar-refractivity contribution < 1.29 is 32.4 Å². The molecule has 1 saturated heterocycles. The molecule has 1 fully saturated rings. The fourth-order valence-corrected chi connectivity index (χ4v) is 4.77. The second kappa shape index (κ2) is 8.81. The number of hydrogen-bond donors (Lipinski definition) is 0. The number of sulfone groups is 1. The summed E-state index contributed by atoms with van der Waals surface area (Å²) in [5.74, 6) is -1.55. The van der Waals surface area contributed by atoms with Crippen LogP contribution in [0.25, 0.3) is 0 Å². The molecular formula is C20H28N2O8S. The number of likely N-dealkylation sites (tertiary alicyclic amines) is 1. The second-order valence-electron chi connectivity index (χ2n) is 8.61. The Morgan fingerprint density at radius 1 is 1.26 bits per heavy atom. The van der Waals surface area contributed by atoms with Crippen molar-refractivity contribution in [3.63, 3.8) is 0 Å². The van der Waals surface area contributed by atoms with Crippen LogP contribution < -0.4 is 0 Å². The zero-order chi connectivity index (χ0) is 23.7. The Morgan fingerprint density at radius 2 is 1.87 bits per heavy atom. The third kappa shape index (κ3) is 5.15. The van der Waals surface area contributed by atoms with E-state index in [0.717, 1.165) is 18.2 Å². The molecule has 1 aliphatic heterocycles. The van der Waals surface area contributed by atoms with Crippen molar-refractivity contribution in [3.8, 4) is 0 Å². The maximum absolute atomic E-state index is 13.0. The minimum absolute atomic E-state index is 0.00154. The van der Waals surface area contributed by atoms with Gasteiger partial charge in [0, 0.05) is 24.2 Å². The molecule has 10 nitrogen and oxygen atoms in total. The highest BCUT2D eigenvalue weighted by atomic mass is 32.2. The summed E-state index contributed by atoms with van der Waals surface area (Å²) < 4.78 is 36.3. The topological polar surface area (TPSA) is 133 Å². The zero-order valence-electron chi connectivity index (χ0n) is 18.4. The third-order valence-corrected chi connectivity index (χ3v) is 7.21. The Labute approximate surface area is 181 Å². The molecule has 11 heteroatoms. The average Bonchev–Trinajstić information content (AvgIpc) is 3.10. The lowest BCUT2D eigenvalue weighted by atomic mass is 9.93. The van der Waals surface area contributed by atoms with Gasteiger partial charge >= 0.3 is 12.1 Å². The molecular weight excluding hydrogens is 428 g/mol. The van der Waals surface area contributed by atoms with Crippen molar-refractivity contribution in [2.75, 3.05) is 13.7 Å². The molecule has 2 atom stereocenters. The highest BCUT2D eigenvalue weighted by Crippen LogP contribution is 2.43. The number of non-ortho nitro benzene ring substituents is 1. The maximum atomic E-state index is 13.0. The summed E-state index contributed by atoms with van der Waals surface area (Å²) in [4.78, 5) is 37.2. The normalized spacial score (nSPS) is 19.4. The van der Waals surface area contributed by atoms with Gasteiger partial charge in [0.2, 0.25) is 0 Å². The molecule has 1 aromatic carbocycles. The van der Waals surface area contributed by atoms with Gasteiger partial charge < -0.3 is 14.4 Å². The summed E-state index contributed by atoms with van der Waals surface area (Å²) >= 11 is 0. The summed E-state index contributed by atoms with van der Waals surface area (Å²) in [5, 5.41) is 10.6. The van der Waals surface area contributed by atoms with Gasteiger partial charge in [0.1, 0.15) is 5.60 Å². The van der Waals surface area contributed by atoms with Crippen LogP contribution in [0.3, 0.4) is 0 Å². The summed E-state index contributed by atoms with van der Waals surface area (Å²) in [7, 11) is -2.69. The van der Waals surface area contributed by atoms with Crippen LogP contribution in [0.2, 0.25) is 0 Å².